The number of fused-ring (bicyclic) bond motifs is 1. The molecule has 0 saturated carbocycles. The third kappa shape index (κ3) is 5.62. The molecule has 0 amide bonds. The molecule has 1 aliphatic heterocycles. The molecule has 0 radical (unpaired) electrons. The molecule has 2 heterocycles. The van der Waals surface area contributed by atoms with Crippen molar-refractivity contribution in [3.05, 3.63) is 94.2 Å². The lowest BCUT2D eigenvalue weighted by Crippen LogP contribution is -2.26. The molecule has 1 aliphatic rings. The summed E-state index contributed by atoms with van der Waals surface area (Å²) in [4.78, 5) is 15.4. The highest BCUT2D eigenvalue weighted by Gasteiger charge is 2.29. The minimum absolute atomic E-state index is 0.181. The molecule has 0 N–H and O–H groups in total. The van der Waals surface area contributed by atoms with Gasteiger partial charge in [-0.1, -0.05) is 67.5 Å². The Bertz CT molecular complexity index is 1470. The molecule has 0 aliphatic carbocycles. The summed E-state index contributed by atoms with van der Waals surface area (Å²) in [5.41, 5.74) is 8.45. The van der Waals surface area contributed by atoms with Crippen molar-refractivity contribution in [3.63, 3.8) is 0 Å². The van der Waals surface area contributed by atoms with E-state index in [-0.39, 0.29) is 12.3 Å². The van der Waals surface area contributed by atoms with Crippen molar-refractivity contribution >= 4 is 5.97 Å². The summed E-state index contributed by atoms with van der Waals surface area (Å²) in [6, 6.07) is 20.6. The van der Waals surface area contributed by atoms with Crippen LogP contribution in [0.1, 0.15) is 65.0 Å². The Hall–Kier alpha value is -3.90. The minimum Gasteiger partial charge on any atom is -0.488 e. The van der Waals surface area contributed by atoms with E-state index in [9.17, 15) is 4.79 Å². The van der Waals surface area contributed by atoms with Crippen LogP contribution >= 0.6 is 0 Å². The monoisotopic (exact) mass is 524 g/mol. The van der Waals surface area contributed by atoms with E-state index in [4.69, 9.17) is 14.0 Å². The van der Waals surface area contributed by atoms with Gasteiger partial charge in [0.15, 0.2) is 11.5 Å². The predicted molar refractivity (Wildman–Crippen MR) is 153 cm³/mol. The van der Waals surface area contributed by atoms with Crippen LogP contribution in [0.2, 0.25) is 0 Å². The second kappa shape index (κ2) is 11.5. The second-order valence-electron chi connectivity index (χ2n) is 10.6. The molecule has 0 bridgehead atoms. The average molecular weight is 525 g/mol. The van der Waals surface area contributed by atoms with E-state index in [1.54, 1.807) is 6.92 Å². The number of benzene rings is 3. The molecule has 6 heteroatoms. The first kappa shape index (κ1) is 26.7. The van der Waals surface area contributed by atoms with Gasteiger partial charge >= 0.3 is 5.97 Å². The van der Waals surface area contributed by atoms with Crippen LogP contribution < -0.4 is 4.74 Å². The van der Waals surface area contributed by atoms with E-state index in [1.807, 2.05) is 30.3 Å². The van der Waals surface area contributed by atoms with Gasteiger partial charge in [-0.2, -0.15) is 0 Å². The Morgan fingerprint density at radius 3 is 2.62 bits per heavy atom. The number of carbonyl (C=O) groups is 1. The third-order valence-corrected chi connectivity index (χ3v) is 7.33. The van der Waals surface area contributed by atoms with Crippen LogP contribution in [-0.4, -0.2) is 36.2 Å². The molecule has 0 fully saturated rings. The fraction of sp³-hybridized carbons (Fsp3) is 0.333. The van der Waals surface area contributed by atoms with E-state index >= 15 is 0 Å². The number of aryl methyl sites for hydroxylation is 1. The number of likely N-dealkylation sites (N-methyl/N-ethyl adjacent to an activating group) is 1. The summed E-state index contributed by atoms with van der Waals surface area (Å²) in [5.74, 6) is 0.996. The SMILES string of the molecule is CCOC(=O)c1noc(-c2cc(C(C)C)c(C)cc2OCc2ccccc2)c1-c1ccc2c(c1)CCN(C)C2. The van der Waals surface area contributed by atoms with Crippen LogP contribution in [0.5, 0.6) is 5.75 Å². The molecule has 3 aromatic carbocycles. The van der Waals surface area contributed by atoms with Crippen molar-refractivity contribution in [2.24, 2.45) is 0 Å². The number of carbonyl (C=O) groups excluding carboxylic acids is 1. The van der Waals surface area contributed by atoms with Crippen LogP contribution in [0.4, 0.5) is 0 Å². The molecule has 1 aromatic heterocycles. The van der Waals surface area contributed by atoms with Crippen molar-refractivity contribution in [2.45, 2.75) is 53.2 Å². The maximum Gasteiger partial charge on any atom is 0.361 e. The van der Waals surface area contributed by atoms with Crippen LogP contribution in [0, 0.1) is 6.92 Å². The molecule has 0 atom stereocenters. The lowest BCUT2D eigenvalue weighted by molar-refractivity contribution is 0.0515. The zero-order valence-corrected chi connectivity index (χ0v) is 23.4. The van der Waals surface area contributed by atoms with Crippen molar-refractivity contribution in [1.82, 2.24) is 10.1 Å². The van der Waals surface area contributed by atoms with Crippen molar-refractivity contribution in [3.8, 4) is 28.2 Å². The fourth-order valence-electron chi connectivity index (χ4n) is 5.28. The topological polar surface area (TPSA) is 64.8 Å². The number of esters is 1. The highest BCUT2D eigenvalue weighted by atomic mass is 16.5. The summed E-state index contributed by atoms with van der Waals surface area (Å²) in [6.45, 7) is 10.8. The molecule has 4 aromatic rings. The molecule has 202 valence electrons. The number of rotatable bonds is 8. The Morgan fingerprint density at radius 2 is 1.87 bits per heavy atom. The van der Waals surface area contributed by atoms with Crippen LogP contribution in [0.3, 0.4) is 0 Å². The van der Waals surface area contributed by atoms with E-state index in [0.29, 0.717) is 29.6 Å². The predicted octanol–water partition coefficient (Wildman–Crippen LogP) is 7.18. The Labute approximate surface area is 230 Å². The average Bonchev–Trinajstić information content (AvgIpc) is 3.37. The van der Waals surface area contributed by atoms with Gasteiger partial charge in [0, 0.05) is 13.1 Å². The number of ether oxygens (including phenoxy) is 2. The molecule has 39 heavy (non-hydrogen) atoms. The smallest absolute Gasteiger partial charge is 0.361 e. The molecule has 0 spiro atoms. The second-order valence-corrected chi connectivity index (χ2v) is 10.6. The lowest BCUT2D eigenvalue weighted by Gasteiger charge is -2.25. The summed E-state index contributed by atoms with van der Waals surface area (Å²) >= 11 is 0. The van der Waals surface area contributed by atoms with E-state index in [2.05, 4.69) is 68.2 Å². The minimum atomic E-state index is -0.497. The normalized spacial score (nSPS) is 13.4. The fourth-order valence-corrected chi connectivity index (χ4v) is 5.28. The van der Waals surface area contributed by atoms with Gasteiger partial charge in [0.1, 0.15) is 12.4 Å². The zero-order valence-electron chi connectivity index (χ0n) is 23.4. The van der Waals surface area contributed by atoms with Crippen molar-refractivity contribution in [2.75, 3.05) is 20.2 Å². The van der Waals surface area contributed by atoms with Gasteiger partial charge < -0.3 is 18.9 Å². The largest absolute Gasteiger partial charge is 0.488 e. The number of hydrogen-bond acceptors (Lipinski definition) is 6. The van der Waals surface area contributed by atoms with E-state index in [1.165, 1.54) is 16.7 Å². The molecular weight excluding hydrogens is 488 g/mol. The van der Waals surface area contributed by atoms with E-state index in [0.717, 1.165) is 41.8 Å². The Morgan fingerprint density at radius 1 is 1.08 bits per heavy atom. The van der Waals surface area contributed by atoms with Gasteiger partial charge in [0.05, 0.1) is 17.7 Å². The van der Waals surface area contributed by atoms with Gasteiger partial charge in [0.2, 0.25) is 0 Å². The Balaban J connectivity index is 1.67. The van der Waals surface area contributed by atoms with Gasteiger partial charge in [-0.25, -0.2) is 4.79 Å². The summed E-state index contributed by atoms with van der Waals surface area (Å²) in [6.07, 6.45) is 0.947. The van der Waals surface area contributed by atoms with Crippen molar-refractivity contribution in [1.29, 1.82) is 0 Å². The molecule has 0 saturated heterocycles. The maximum atomic E-state index is 13.1. The molecule has 6 nitrogen and oxygen atoms in total. The first-order valence-electron chi connectivity index (χ1n) is 13.6. The van der Waals surface area contributed by atoms with Crippen molar-refractivity contribution < 1.29 is 18.8 Å². The summed E-state index contributed by atoms with van der Waals surface area (Å²) in [5, 5.41) is 4.25. The quantitative estimate of drug-likeness (QED) is 0.227. The first-order chi connectivity index (χ1) is 18.9. The zero-order chi connectivity index (χ0) is 27.5. The van der Waals surface area contributed by atoms with Crippen LogP contribution in [-0.2, 0) is 24.3 Å². The molecule has 0 unspecified atom stereocenters. The van der Waals surface area contributed by atoms with Gasteiger partial charge in [0.25, 0.3) is 0 Å². The summed E-state index contributed by atoms with van der Waals surface area (Å²) < 4.78 is 17.8. The summed E-state index contributed by atoms with van der Waals surface area (Å²) in [7, 11) is 2.13. The third-order valence-electron chi connectivity index (χ3n) is 7.33. The van der Waals surface area contributed by atoms with Gasteiger partial charge in [-0.3, -0.25) is 0 Å². The van der Waals surface area contributed by atoms with Gasteiger partial charge in [-0.15, -0.1) is 0 Å². The van der Waals surface area contributed by atoms with Crippen LogP contribution in [0.25, 0.3) is 22.5 Å². The molecule has 5 rings (SSSR count). The lowest BCUT2D eigenvalue weighted by atomic mass is 9.90. The number of aromatic nitrogens is 1. The van der Waals surface area contributed by atoms with Gasteiger partial charge in [-0.05, 0) is 78.7 Å². The number of hydrogen-bond donors (Lipinski definition) is 0. The van der Waals surface area contributed by atoms with E-state index < -0.39 is 5.97 Å². The Kier molecular flexibility index (Phi) is 7.84. The highest BCUT2D eigenvalue weighted by molar-refractivity contribution is 6.00. The standard InChI is InChI=1S/C33H36N2O4/c1-6-37-33(36)31-30(25-12-13-26-19-35(5)15-14-24(26)17-25)32(39-34-31)28-18-27(21(2)3)22(4)16-29(28)38-20-23-10-8-7-9-11-23/h7-13,16-18,21H,6,14-15,19-20H2,1-5H3. The highest BCUT2D eigenvalue weighted by Crippen LogP contribution is 2.43. The number of nitrogens with zero attached hydrogens (tertiary/aromatic N) is 2. The first-order valence-corrected chi connectivity index (χ1v) is 13.6. The molecular formula is C33H36N2O4. The maximum absolute atomic E-state index is 13.1. The van der Waals surface area contributed by atoms with Crippen LogP contribution in [0.15, 0.2) is 65.2 Å².